The fraction of sp³-hybridized carbons (Fsp3) is 0.400. The summed E-state index contributed by atoms with van der Waals surface area (Å²) in [5.74, 6) is 1.99. The molecule has 2 bridgehead atoms. The van der Waals surface area contributed by atoms with E-state index in [0.717, 1.165) is 4.90 Å². The number of carbonyl (C=O) groups excluding carboxylic acids is 3. The van der Waals surface area contributed by atoms with Crippen LogP contribution >= 0.6 is 11.6 Å². The van der Waals surface area contributed by atoms with Gasteiger partial charge in [0, 0.05) is 13.0 Å². The number of nitrogens with zero attached hydrogens (tertiary/aromatic N) is 4. The number of imide groups is 1. The molecule has 3 atom stereocenters. The Morgan fingerprint density at radius 3 is 2.86 bits per heavy atom. The topological polar surface area (TPSA) is 94.0 Å². The number of benzene rings is 1. The lowest BCUT2D eigenvalue weighted by atomic mass is 10.1. The average Bonchev–Trinajstić information content (AvgIpc) is 3.36. The van der Waals surface area contributed by atoms with Crippen molar-refractivity contribution in [2.24, 2.45) is 0 Å². The Labute approximate surface area is 172 Å². The summed E-state index contributed by atoms with van der Waals surface area (Å²) in [4.78, 5) is 42.8. The fourth-order valence-corrected chi connectivity index (χ4v) is 4.57. The lowest BCUT2D eigenvalue weighted by molar-refractivity contribution is -0.121. The van der Waals surface area contributed by atoms with Gasteiger partial charge < -0.3 is 14.5 Å². The smallest absolute Gasteiger partial charge is 0.410 e. The van der Waals surface area contributed by atoms with Gasteiger partial charge in [0.15, 0.2) is 0 Å². The highest BCUT2D eigenvalue weighted by Gasteiger charge is 2.63. The van der Waals surface area contributed by atoms with E-state index < -0.39 is 30.1 Å². The van der Waals surface area contributed by atoms with E-state index in [-0.39, 0.29) is 23.2 Å². The summed E-state index contributed by atoms with van der Waals surface area (Å²) in [6.45, 7) is 2.09. The van der Waals surface area contributed by atoms with Gasteiger partial charge in [0.25, 0.3) is 5.91 Å². The van der Waals surface area contributed by atoms with Gasteiger partial charge in [-0.25, -0.2) is 14.5 Å². The molecule has 3 heterocycles. The minimum absolute atomic E-state index is 0.111. The van der Waals surface area contributed by atoms with Crippen LogP contribution in [0.2, 0.25) is 5.02 Å². The molecule has 1 aromatic carbocycles. The SMILES string of the molecule is C#CCCOC(=O)N1CC2CC1[C@@H]1C(=O)N(c3ccc(C#N)c(Cl)c3C)C(=O)N21. The normalized spacial score (nSPS) is 24.6. The number of terminal acetylenes is 1. The van der Waals surface area contributed by atoms with Crippen molar-refractivity contribution < 1.29 is 19.1 Å². The average molecular weight is 413 g/mol. The van der Waals surface area contributed by atoms with Crippen LogP contribution in [0.4, 0.5) is 15.3 Å². The van der Waals surface area contributed by atoms with Crippen molar-refractivity contribution in [2.75, 3.05) is 18.1 Å². The minimum Gasteiger partial charge on any atom is -0.448 e. The maximum absolute atomic E-state index is 13.2. The summed E-state index contributed by atoms with van der Waals surface area (Å²) in [6, 6.07) is 3.14. The highest BCUT2D eigenvalue weighted by Crippen LogP contribution is 2.43. The van der Waals surface area contributed by atoms with Crippen LogP contribution in [0.1, 0.15) is 24.0 Å². The Morgan fingerprint density at radius 1 is 1.41 bits per heavy atom. The summed E-state index contributed by atoms with van der Waals surface area (Å²) in [7, 11) is 0. The van der Waals surface area contributed by atoms with Crippen molar-refractivity contribution >= 4 is 35.3 Å². The molecule has 3 fully saturated rings. The Morgan fingerprint density at radius 2 is 2.17 bits per heavy atom. The van der Waals surface area contributed by atoms with Crippen molar-refractivity contribution in [3.63, 3.8) is 0 Å². The van der Waals surface area contributed by atoms with Gasteiger partial charge in [-0.1, -0.05) is 11.6 Å². The third-order valence-corrected chi connectivity index (χ3v) is 6.18. The van der Waals surface area contributed by atoms with E-state index >= 15 is 0 Å². The molecule has 9 heteroatoms. The molecule has 4 amide bonds. The summed E-state index contributed by atoms with van der Waals surface area (Å²) >= 11 is 6.22. The number of halogens is 1. The highest BCUT2D eigenvalue weighted by atomic mass is 35.5. The molecule has 0 saturated carbocycles. The number of likely N-dealkylation sites (tertiary alicyclic amines) is 1. The maximum atomic E-state index is 13.2. The van der Waals surface area contributed by atoms with E-state index in [0.29, 0.717) is 30.6 Å². The molecule has 0 N–H and O–H groups in total. The number of hydrogen-bond acceptors (Lipinski definition) is 5. The number of urea groups is 1. The Balaban J connectivity index is 1.61. The van der Waals surface area contributed by atoms with Gasteiger partial charge in [-0.15, -0.1) is 12.3 Å². The zero-order valence-electron chi connectivity index (χ0n) is 15.6. The van der Waals surface area contributed by atoms with Crippen molar-refractivity contribution in [1.82, 2.24) is 9.80 Å². The summed E-state index contributed by atoms with van der Waals surface area (Å²) in [5, 5.41) is 9.33. The molecule has 1 aromatic rings. The first-order valence-electron chi connectivity index (χ1n) is 9.13. The first-order valence-corrected chi connectivity index (χ1v) is 9.50. The van der Waals surface area contributed by atoms with Gasteiger partial charge in [-0.05, 0) is 31.0 Å². The van der Waals surface area contributed by atoms with E-state index in [4.69, 9.17) is 28.0 Å². The number of nitriles is 1. The zero-order chi connectivity index (χ0) is 20.9. The number of hydrogen-bond donors (Lipinski definition) is 0. The molecule has 0 radical (unpaired) electrons. The van der Waals surface area contributed by atoms with Gasteiger partial charge in [-0.2, -0.15) is 5.26 Å². The molecule has 148 valence electrons. The maximum Gasteiger partial charge on any atom is 0.410 e. The molecule has 8 nitrogen and oxygen atoms in total. The largest absolute Gasteiger partial charge is 0.448 e. The van der Waals surface area contributed by atoms with Crippen LogP contribution in [-0.4, -0.2) is 59.1 Å². The van der Waals surface area contributed by atoms with Gasteiger partial charge in [0.05, 0.1) is 28.4 Å². The van der Waals surface area contributed by atoms with Crippen LogP contribution in [0.5, 0.6) is 0 Å². The van der Waals surface area contributed by atoms with Gasteiger partial charge in [0.1, 0.15) is 18.7 Å². The number of fused-ring (bicyclic) bond motifs is 5. The highest BCUT2D eigenvalue weighted by molar-refractivity contribution is 6.33. The van der Waals surface area contributed by atoms with Crippen LogP contribution in [0, 0.1) is 30.6 Å². The van der Waals surface area contributed by atoms with Crippen LogP contribution in [0.25, 0.3) is 0 Å². The summed E-state index contributed by atoms with van der Waals surface area (Å²) in [5.41, 5.74) is 1.10. The predicted molar refractivity (Wildman–Crippen MR) is 103 cm³/mol. The predicted octanol–water partition coefficient (Wildman–Crippen LogP) is 2.27. The number of ether oxygens (including phenoxy) is 1. The monoisotopic (exact) mass is 412 g/mol. The Bertz CT molecular complexity index is 1010. The van der Waals surface area contributed by atoms with E-state index in [1.165, 1.54) is 11.0 Å². The van der Waals surface area contributed by atoms with Gasteiger partial charge in [0.2, 0.25) is 0 Å². The molecular weight excluding hydrogens is 396 g/mol. The lowest BCUT2D eigenvalue weighted by Crippen LogP contribution is -2.55. The third-order valence-electron chi connectivity index (χ3n) is 5.69. The third kappa shape index (κ3) is 2.72. The fourth-order valence-electron chi connectivity index (χ4n) is 4.37. The Hall–Kier alpha value is -3.23. The Kier molecular flexibility index (Phi) is 4.60. The number of carbonyl (C=O) groups is 3. The molecule has 4 rings (SSSR count). The van der Waals surface area contributed by atoms with E-state index in [1.54, 1.807) is 17.9 Å². The second-order valence-corrected chi connectivity index (χ2v) is 7.55. The van der Waals surface area contributed by atoms with Crippen LogP contribution in [-0.2, 0) is 9.53 Å². The van der Waals surface area contributed by atoms with Crippen LogP contribution in [0.3, 0.4) is 0 Å². The molecule has 29 heavy (non-hydrogen) atoms. The number of anilines is 1. The van der Waals surface area contributed by atoms with Crippen molar-refractivity contribution in [2.45, 2.75) is 37.9 Å². The summed E-state index contributed by atoms with van der Waals surface area (Å²) in [6.07, 6.45) is 5.49. The summed E-state index contributed by atoms with van der Waals surface area (Å²) < 4.78 is 5.17. The van der Waals surface area contributed by atoms with Gasteiger partial charge >= 0.3 is 12.1 Å². The van der Waals surface area contributed by atoms with Crippen LogP contribution in [0.15, 0.2) is 12.1 Å². The van der Waals surface area contributed by atoms with Crippen molar-refractivity contribution in [3.05, 3.63) is 28.3 Å². The minimum atomic E-state index is -0.754. The van der Waals surface area contributed by atoms with E-state index in [2.05, 4.69) is 5.92 Å². The molecule has 0 aliphatic carbocycles. The standard InChI is InChI=1S/C20H17ClN4O4/c1-3-4-7-29-20(28)23-10-13-8-15(23)17-18(26)25(19(27)24(13)17)14-6-5-12(9-22)16(21)11(14)2/h1,5-6,13,15,17H,4,7-8,10H2,2H3/t13?,15?,17-/m1/s1. The molecule has 3 aliphatic heterocycles. The molecule has 3 saturated heterocycles. The van der Waals surface area contributed by atoms with Crippen molar-refractivity contribution in [3.8, 4) is 18.4 Å². The number of amides is 4. The van der Waals surface area contributed by atoms with Gasteiger partial charge in [-0.3, -0.25) is 4.79 Å². The zero-order valence-corrected chi connectivity index (χ0v) is 16.3. The van der Waals surface area contributed by atoms with Crippen LogP contribution < -0.4 is 4.90 Å². The second kappa shape index (κ2) is 6.98. The molecule has 0 aromatic heterocycles. The number of piperazine rings is 1. The lowest BCUT2D eigenvalue weighted by Gasteiger charge is -2.34. The number of rotatable bonds is 3. The molecular formula is C20H17ClN4O4. The van der Waals surface area contributed by atoms with E-state index in [9.17, 15) is 14.4 Å². The first kappa shape index (κ1) is 19.1. The quantitative estimate of drug-likeness (QED) is 0.431. The van der Waals surface area contributed by atoms with E-state index in [1.807, 2.05) is 6.07 Å². The molecule has 0 spiro atoms. The molecule has 3 aliphatic rings. The second-order valence-electron chi connectivity index (χ2n) is 7.17. The molecule has 2 unspecified atom stereocenters. The first-order chi connectivity index (χ1) is 13.9. The van der Waals surface area contributed by atoms with Crippen molar-refractivity contribution in [1.29, 1.82) is 5.26 Å².